The molecule has 2 rings (SSSR count). The van der Waals surface area contributed by atoms with Gasteiger partial charge in [0.2, 0.25) is 0 Å². The molecule has 1 aliphatic heterocycles. The van der Waals surface area contributed by atoms with Crippen molar-refractivity contribution in [1.29, 1.82) is 0 Å². The van der Waals surface area contributed by atoms with Crippen LogP contribution in [-0.2, 0) is 9.59 Å². The lowest BCUT2D eigenvalue weighted by Crippen LogP contribution is -2.53. The Kier molecular flexibility index (Phi) is 5.33. The quantitative estimate of drug-likeness (QED) is 0.369. The van der Waals surface area contributed by atoms with Crippen LogP contribution in [0.25, 0.3) is 6.08 Å². The van der Waals surface area contributed by atoms with Gasteiger partial charge in [0.05, 0.1) is 5.69 Å². The van der Waals surface area contributed by atoms with E-state index in [0.29, 0.717) is 0 Å². The lowest BCUT2D eigenvalue weighted by Gasteiger charge is -2.27. The summed E-state index contributed by atoms with van der Waals surface area (Å²) in [5, 5.41) is 2.62. The number of amides is 2. The number of halogens is 1. The average Bonchev–Trinajstić information content (AvgIpc) is 2.47. The summed E-state index contributed by atoms with van der Waals surface area (Å²) in [6.45, 7) is 3.84. The third-order valence-electron chi connectivity index (χ3n) is 3.26. The van der Waals surface area contributed by atoms with Gasteiger partial charge in [-0.25, -0.2) is 0 Å². The first kappa shape index (κ1) is 17.4. The Bertz CT molecular complexity index is 728. The summed E-state index contributed by atoms with van der Waals surface area (Å²) in [5.74, 6) is -0.917. The summed E-state index contributed by atoms with van der Waals surface area (Å²) in [6, 6.07) is 5.61. The normalized spacial score (nSPS) is 16.6. The molecule has 1 aromatic rings. The third-order valence-corrected chi connectivity index (χ3v) is 4.22. The molecule has 1 aromatic carbocycles. The standard InChI is InChI=1S/C16H16BrN3O2S/c1-4-7-20-15(22)11(14(21)18-16(20)23)8-10-5-6-13(19(2)3)12(17)9-10/h4-6,8-9H,1,7H2,2-3H3,(H,18,21,23)/b11-8+. The Morgan fingerprint density at radius 1 is 1.39 bits per heavy atom. The van der Waals surface area contributed by atoms with Crippen LogP contribution < -0.4 is 10.2 Å². The molecular formula is C16H16BrN3O2S. The van der Waals surface area contributed by atoms with Gasteiger partial charge in [0.1, 0.15) is 5.57 Å². The zero-order chi connectivity index (χ0) is 17.1. The molecule has 0 spiro atoms. The first-order valence-electron chi connectivity index (χ1n) is 6.81. The third kappa shape index (κ3) is 3.68. The summed E-state index contributed by atoms with van der Waals surface area (Å²) in [5.41, 5.74) is 1.79. The average molecular weight is 394 g/mol. The fourth-order valence-corrected chi connectivity index (χ4v) is 3.13. The van der Waals surface area contributed by atoms with E-state index in [1.807, 2.05) is 37.2 Å². The van der Waals surface area contributed by atoms with Crippen molar-refractivity contribution in [3.05, 3.63) is 46.5 Å². The molecule has 23 heavy (non-hydrogen) atoms. The molecule has 1 fully saturated rings. The number of hydrogen-bond donors (Lipinski definition) is 1. The van der Waals surface area contributed by atoms with Gasteiger partial charge in [0.25, 0.3) is 11.8 Å². The van der Waals surface area contributed by atoms with Crippen LogP contribution in [0.1, 0.15) is 5.56 Å². The largest absolute Gasteiger partial charge is 0.377 e. The van der Waals surface area contributed by atoms with E-state index in [9.17, 15) is 9.59 Å². The molecule has 2 amide bonds. The summed E-state index contributed by atoms with van der Waals surface area (Å²) in [6.07, 6.45) is 3.11. The van der Waals surface area contributed by atoms with Crippen LogP contribution in [0.2, 0.25) is 0 Å². The van der Waals surface area contributed by atoms with Crippen molar-refractivity contribution in [3.63, 3.8) is 0 Å². The highest BCUT2D eigenvalue weighted by molar-refractivity contribution is 9.10. The van der Waals surface area contributed by atoms with Crippen LogP contribution in [0, 0.1) is 0 Å². The van der Waals surface area contributed by atoms with Gasteiger partial charge in [-0.2, -0.15) is 0 Å². The van der Waals surface area contributed by atoms with E-state index < -0.39 is 11.8 Å². The lowest BCUT2D eigenvalue weighted by molar-refractivity contribution is -0.128. The second-order valence-electron chi connectivity index (χ2n) is 5.13. The fourth-order valence-electron chi connectivity index (χ4n) is 2.13. The number of nitrogens with one attached hydrogen (secondary N) is 1. The number of anilines is 1. The smallest absolute Gasteiger partial charge is 0.265 e. The van der Waals surface area contributed by atoms with Crippen molar-refractivity contribution in [3.8, 4) is 0 Å². The molecule has 1 heterocycles. The first-order valence-corrected chi connectivity index (χ1v) is 8.02. The van der Waals surface area contributed by atoms with E-state index in [0.717, 1.165) is 15.7 Å². The molecular weight excluding hydrogens is 378 g/mol. The summed E-state index contributed by atoms with van der Waals surface area (Å²) in [4.78, 5) is 27.8. The molecule has 0 bridgehead atoms. The lowest BCUT2D eigenvalue weighted by atomic mass is 10.1. The van der Waals surface area contributed by atoms with E-state index in [1.54, 1.807) is 12.2 Å². The molecule has 1 saturated heterocycles. The van der Waals surface area contributed by atoms with Gasteiger partial charge in [-0.1, -0.05) is 12.1 Å². The molecule has 1 aliphatic rings. The molecule has 0 unspecified atom stereocenters. The van der Waals surface area contributed by atoms with Crippen LogP contribution in [0.5, 0.6) is 0 Å². The van der Waals surface area contributed by atoms with Gasteiger partial charge in [-0.05, 0) is 51.9 Å². The molecule has 0 saturated carbocycles. The first-order chi connectivity index (χ1) is 10.8. The van der Waals surface area contributed by atoms with Crippen molar-refractivity contribution in [2.45, 2.75) is 0 Å². The van der Waals surface area contributed by atoms with Crippen LogP contribution in [0.4, 0.5) is 5.69 Å². The van der Waals surface area contributed by atoms with Crippen molar-refractivity contribution in [2.75, 3.05) is 25.5 Å². The predicted octanol–water partition coefficient (Wildman–Crippen LogP) is 2.33. The Morgan fingerprint density at radius 3 is 2.65 bits per heavy atom. The number of carbonyl (C=O) groups is 2. The molecule has 0 atom stereocenters. The summed E-state index contributed by atoms with van der Waals surface area (Å²) < 4.78 is 0.874. The van der Waals surface area contributed by atoms with E-state index in [2.05, 4.69) is 27.8 Å². The fraction of sp³-hybridized carbons (Fsp3) is 0.188. The maximum Gasteiger partial charge on any atom is 0.265 e. The second-order valence-corrected chi connectivity index (χ2v) is 6.37. The summed E-state index contributed by atoms with van der Waals surface area (Å²) >= 11 is 8.50. The van der Waals surface area contributed by atoms with Gasteiger partial charge >= 0.3 is 0 Å². The van der Waals surface area contributed by atoms with Crippen LogP contribution in [0.15, 0.2) is 40.9 Å². The maximum atomic E-state index is 12.4. The van der Waals surface area contributed by atoms with Crippen molar-refractivity contribution in [1.82, 2.24) is 10.2 Å². The van der Waals surface area contributed by atoms with E-state index in [4.69, 9.17) is 12.2 Å². The number of nitrogens with zero attached hydrogens (tertiary/aromatic N) is 2. The Morgan fingerprint density at radius 2 is 2.09 bits per heavy atom. The molecule has 5 nitrogen and oxygen atoms in total. The molecule has 7 heteroatoms. The molecule has 0 radical (unpaired) electrons. The van der Waals surface area contributed by atoms with Crippen LogP contribution in [-0.4, -0.2) is 42.5 Å². The molecule has 120 valence electrons. The van der Waals surface area contributed by atoms with Crippen LogP contribution >= 0.6 is 28.1 Å². The minimum atomic E-state index is -0.492. The highest BCUT2D eigenvalue weighted by Crippen LogP contribution is 2.27. The number of thiocarbonyl (C=S) groups is 1. The van der Waals surface area contributed by atoms with Crippen molar-refractivity contribution >= 4 is 56.8 Å². The number of rotatable bonds is 4. The van der Waals surface area contributed by atoms with Crippen molar-refractivity contribution in [2.24, 2.45) is 0 Å². The zero-order valence-electron chi connectivity index (χ0n) is 12.8. The van der Waals surface area contributed by atoms with E-state index in [-0.39, 0.29) is 17.2 Å². The monoisotopic (exact) mass is 393 g/mol. The molecule has 1 N–H and O–H groups in total. The minimum absolute atomic E-state index is 0.0463. The SMILES string of the molecule is C=CCN1C(=O)/C(=C/c2ccc(N(C)C)c(Br)c2)C(=O)NC1=S. The van der Waals surface area contributed by atoms with E-state index >= 15 is 0 Å². The van der Waals surface area contributed by atoms with Gasteiger partial charge in [0, 0.05) is 25.1 Å². The van der Waals surface area contributed by atoms with Crippen LogP contribution in [0.3, 0.4) is 0 Å². The number of benzene rings is 1. The van der Waals surface area contributed by atoms with Gasteiger partial charge in [0.15, 0.2) is 5.11 Å². The van der Waals surface area contributed by atoms with Gasteiger partial charge in [-0.3, -0.25) is 19.8 Å². The Hall–Kier alpha value is -1.99. The minimum Gasteiger partial charge on any atom is -0.377 e. The Labute approximate surface area is 148 Å². The Balaban J connectivity index is 2.39. The van der Waals surface area contributed by atoms with Gasteiger partial charge in [-0.15, -0.1) is 6.58 Å². The summed E-state index contributed by atoms with van der Waals surface area (Å²) in [7, 11) is 3.87. The maximum absolute atomic E-state index is 12.4. The molecule has 0 aliphatic carbocycles. The highest BCUT2D eigenvalue weighted by atomic mass is 79.9. The van der Waals surface area contributed by atoms with Crippen molar-refractivity contribution < 1.29 is 9.59 Å². The molecule has 0 aromatic heterocycles. The second kappa shape index (κ2) is 7.06. The highest BCUT2D eigenvalue weighted by Gasteiger charge is 2.32. The predicted molar refractivity (Wildman–Crippen MR) is 99.1 cm³/mol. The van der Waals surface area contributed by atoms with Gasteiger partial charge < -0.3 is 4.90 Å². The topological polar surface area (TPSA) is 52.7 Å². The number of hydrogen-bond acceptors (Lipinski definition) is 4. The van der Waals surface area contributed by atoms with E-state index in [1.165, 1.54) is 4.90 Å². The number of carbonyl (C=O) groups excluding carboxylic acids is 2. The zero-order valence-corrected chi connectivity index (χ0v) is 15.2.